The third kappa shape index (κ3) is 6.39. The first-order valence-electron chi connectivity index (χ1n) is 12.3. The maximum absolute atomic E-state index is 13.6. The van der Waals surface area contributed by atoms with Gasteiger partial charge in [-0.3, -0.25) is 4.79 Å². The summed E-state index contributed by atoms with van der Waals surface area (Å²) in [6.45, 7) is 6.06. The topological polar surface area (TPSA) is 115 Å². The Morgan fingerprint density at radius 2 is 1.95 bits per heavy atom. The van der Waals surface area contributed by atoms with Gasteiger partial charge in [-0.05, 0) is 48.1 Å². The molecule has 1 heterocycles. The molecule has 0 aliphatic carbocycles. The molecule has 37 heavy (non-hydrogen) atoms. The Labute approximate surface area is 228 Å². The Morgan fingerprint density at radius 1 is 1.24 bits per heavy atom. The van der Waals surface area contributed by atoms with Crippen molar-refractivity contribution in [3.63, 3.8) is 0 Å². The predicted molar refractivity (Wildman–Crippen MR) is 145 cm³/mol. The number of rotatable bonds is 9. The van der Waals surface area contributed by atoms with Crippen LogP contribution >= 0.6 is 23.2 Å². The van der Waals surface area contributed by atoms with Crippen LogP contribution in [0.15, 0.2) is 42.5 Å². The van der Waals surface area contributed by atoms with E-state index in [1.807, 2.05) is 12.1 Å². The van der Waals surface area contributed by atoms with Crippen LogP contribution in [0.3, 0.4) is 0 Å². The number of aliphatic hydroxyl groups excluding tert-OH is 2. The summed E-state index contributed by atoms with van der Waals surface area (Å²) in [7, 11) is 1.53. The van der Waals surface area contributed by atoms with E-state index in [4.69, 9.17) is 33.0 Å². The first-order chi connectivity index (χ1) is 17.5. The van der Waals surface area contributed by atoms with Crippen LogP contribution < -0.4 is 15.4 Å². The van der Waals surface area contributed by atoms with Crippen LogP contribution in [-0.4, -0.2) is 54.6 Å². The van der Waals surface area contributed by atoms with E-state index in [0.717, 1.165) is 5.56 Å². The second-order valence-electron chi connectivity index (χ2n) is 10.7. The summed E-state index contributed by atoms with van der Waals surface area (Å²) < 4.78 is 5.71. The lowest BCUT2D eigenvalue weighted by atomic mass is 9.62. The molecule has 2 aromatic rings. The van der Waals surface area contributed by atoms with Gasteiger partial charge in [-0.1, -0.05) is 62.2 Å². The van der Waals surface area contributed by atoms with Crippen molar-refractivity contribution >= 4 is 29.1 Å². The smallest absolute Gasteiger partial charge is 0.237 e. The molecule has 1 amide bonds. The molecule has 1 aliphatic heterocycles. The van der Waals surface area contributed by atoms with Crippen LogP contribution in [0.5, 0.6) is 5.75 Å². The van der Waals surface area contributed by atoms with Crippen LogP contribution in [0.2, 0.25) is 10.0 Å². The summed E-state index contributed by atoms with van der Waals surface area (Å²) in [5, 5.41) is 37.2. The highest BCUT2D eigenvalue weighted by Gasteiger charge is 2.60. The number of hydrogen-bond acceptors (Lipinski definition) is 6. The Hall–Kier alpha value is -2.34. The Bertz CT molecular complexity index is 1150. The summed E-state index contributed by atoms with van der Waals surface area (Å²) >= 11 is 12.7. The lowest BCUT2D eigenvalue weighted by molar-refractivity contribution is -0.123. The van der Waals surface area contributed by atoms with Crippen LogP contribution in [0, 0.1) is 16.7 Å². The fourth-order valence-electron chi connectivity index (χ4n) is 5.27. The molecule has 1 saturated heterocycles. The molecule has 0 radical (unpaired) electrons. The van der Waals surface area contributed by atoms with E-state index in [-0.39, 0.29) is 30.9 Å². The van der Waals surface area contributed by atoms with E-state index in [0.29, 0.717) is 27.8 Å². The fourth-order valence-corrected chi connectivity index (χ4v) is 5.63. The van der Waals surface area contributed by atoms with Crippen molar-refractivity contribution in [1.82, 2.24) is 10.6 Å². The molecule has 0 unspecified atom stereocenters. The first-order valence-corrected chi connectivity index (χ1v) is 13.1. The number of hydrogen-bond donors (Lipinski definition) is 4. The van der Waals surface area contributed by atoms with Gasteiger partial charge in [0.15, 0.2) is 0 Å². The molecule has 200 valence electrons. The van der Waals surface area contributed by atoms with E-state index in [9.17, 15) is 15.2 Å². The molecule has 0 saturated carbocycles. The number of carbonyl (C=O) groups is 1. The van der Waals surface area contributed by atoms with E-state index in [2.05, 4.69) is 37.5 Å². The lowest BCUT2D eigenvalue weighted by Crippen LogP contribution is -2.46. The molecule has 1 fully saturated rings. The van der Waals surface area contributed by atoms with Gasteiger partial charge in [0.25, 0.3) is 0 Å². The third-order valence-corrected chi connectivity index (χ3v) is 7.31. The summed E-state index contributed by atoms with van der Waals surface area (Å²) in [5.74, 6) is -0.464. The molecule has 4 N–H and O–H groups in total. The standard InChI is InChI=1S/C28H35Cl2N3O4/c1-27(2,3)14-23-28(16-31,21-9-8-19(30)13-22(21)37-4)24(17-6-5-7-18(29)12-17)25(33-23)26(36)32-11-10-20(35)15-34/h5-9,12-13,20,23-25,33-35H,10-11,14-15H2,1-4H3,(H,32,36)/t20-,23+,24+,25+,28+/m1/s1. The molecule has 9 heteroatoms. The number of ether oxygens (including phenoxy) is 1. The number of halogens is 2. The third-order valence-electron chi connectivity index (χ3n) is 6.84. The van der Waals surface area contributed by atoms with Crippen molar-refractivity contribution in [3.8, 4) is 11.8 Å². The monoisotopic (exact) mass is 547 g/mol. The van der Waals surface area contributed by atoms with Gasteiger partial charge in [0, 0.05) is 34.1 Å². The number of carbonyl (C=O) groups excluding carboxylic acids is 1. The van der Waals surface area contributed by atoms with E-state index < -0.39 is 29.5 Å². The maximum atomic E-state index is 13.6. The number of aliphatic hydroxyl groups is 2. The van der Waals surface area contributed by atoms with Crippen molar-refractivity contribution in [1.29, 1.82) is 5.26 Å². The Morgan fingerprint density at radius 3 is 2.54 bits per heavy atom. The molecule has 3 rings (SSSR count). The summed E-state index contributed by atoms with van der Waals surface area (Å²) in [4.78, 5) is 13.6. The first kappa shape index (κ1) is 29.2. The van der Waals surface area contributed by atoms with Crippen LogP contribution in [0.1, 0.15) is 50.7 Å². The van der Waals surface area contributed by atoms with E-state index in [1.165, 1.54) is 7.11 Å². The number of benzene rings is 2. The van der Waals surface area contributed by atoms with Gasteiger partial charge in [-0.25, -0.2) is 0 Å². The molecule has 1 aliphatic rings. The predicted octanol–water partition coefficient (Wildman–Crippen LogP) is 4.18. The zero-order valence-corrected chi connectivity index (χ0v) is 23.1. The average Bonchev–Trinajstić information content (AvgIpc) is 3.16. The van der Waals surface area contributed by atoms with Gasteiger partial charge in [0.2, 0.25) is 5.91 Å². The lowest BCUT2D eigenvalue weighted by Gasteiger charge is -2.38. The number of nitrogens with zero attached hydrogens (tertiary/aromatic N) is 1. The van der Waals surface area contributed by atoms with Crippen molar-refractivity contribution in [2.45, 2.75) is 63.1 Å². The van der Waals surface area contributed by atoms with E-state index >= 15 is 0 Å². The summed E-state index contributed by atoms with van der Waals surface area (Å²) in [6, 6.07) is 13.9. The molecule has 2 aromatic carbocycles. The highest BCUT2D eigenvalue weighted by Crippen LogP contribution is 2.53. The van der Waals surface area contributed by atoms with Crippen molar-refractivity contribution in [2.24, 2.45) is 5.41 Å². The minimum Gasteiger partial charge on any atom is -0.496 e. The zero-order valence-electron chi connectivity index (χ0n) is 21.6. The van der Waals surface area contributed by atoms with Crippen LogP contribution in [0.4, 0.5) is 0 Å². The second-order valence-corrected chi connectivity index (χ2v) is 11.6. The molecular formula is C28H35Cl2N3O4. The minimum atomic E-state index is -1.21. The highest BCUT2D eigenvalue weighted by atomic mass is 35.5. The second kappa shape index (κ2) is 12.0. The molecule has 0 aromatic heterocycles. The molecular weight excluding hydrogens is 513 g/mol. The molecule has 0 spiro atoms. The molecule has 5 atom stereocenters. The summed E-state index contributed by atoms with van der Waals surface area (Å²) in [6.07, 6.45) is -0.127. The fraction of sp³-hybridized carbons (Fsp3) is 0.500. The quantitative estimate of drug-likeness (QED) is 0.374. The van der Waals surface area contributed by atoms with Gasteiger partial charge < -0.3 is 25.6 Å². The number of nitriles is 1. The van der Waals surface area contributed by atoms with Gasteiger partial charge >= 0.3 is 0 Å². The number of amides is 1. The highest BCUT2D eigenvalue weighted by molar-refractivity contribution is 6.31. The zero-order chi connectivity index (χ0) is 27.4. The maximum Gasteiger partial charge on any atom is 0.237 e. The van der Waals surface area contributed by atoms with Crippen LogP contribution in [-0.2, 0) is 10.2 Å². The SMILES string of the molecule is COc1cc(Cl)ccc1[C@@]1(C#N)[C@H](CC(C)(C)C)N[C@H](C(=O)NCC[C@@H](O)CO)[C@@H]1c1cccc(Cl)c1. The number of nitrogens with one attached hydrogen (secondary N) is 2. The van der Waals surface area contributed by atoms with Gasteiger partial charge in [-0.2, -0.15) is 5.26 Å². The van der Waals surface area contributed by atoms with Gasteiger partial charge in [0.1, 0.15) is 11.2 Å². The molecule has 0 bridgehead atoms. The van der Waals surface area contributed by atoms with Crippen molar-refractivity contribution < 1.29 is 19.7 Å². The largest absolute Gasteiger partial charge is 0.496 e. The Balaban J connectivity index is 2.22. The van der Waals surface area contributed by atoms with Crippen LogP contribution in [0.25, 0.3) is 0 Å². The van der Waals surface area contributed by atoms with Crippen molar-refractivity contribution in [3.05, 3.63) is 63.6 Å². The normalized spacial score (nSPS) is 24.4. The Kier molecular flexibility index (Phi) is 9.49. The summed E-state index contributed by atoms with van der Waals surface area (Å²) in [5.41, 5.74) is 0.000215. The van der Waals surface area contributed by atoms with Gasteiger partial charge in [0.05, 0.1) is 31.9 Å². The molecule has 7 nitrogen and oxygen atoms in total. The van der Waals surface area contributed by atoms with Crippen molar-refractivity contribution in [2.75, 3.05) is 20.3 Å². The average molecular weight is 549 g/mol. The van der Waals surface area contributed by atoms with E-state index in [1.54, 1.807) is 30.3 Å². The minimum absolute atomic E-state index is 0.172. The number of methoxy groups -OCH3 is 1. The van der Waals surface area contributed by atoms with Gasteiger partial charge in [-0.15, -0.1) is 0 Å².